The zero-order valence-corrected chi connectivity index (χ0v) is 21.5. The smallest absolute Gasteiger partial charge is 0.266 e. The highest BCUT2D eigenvalue weighted by Gasteiger charge is 2.36. The highest BCUT2D eigenvalue weighted by molar-refractivity contribution is 8.26. The molecule has 1 saturated heterocycles. The summed E-state index contributed by atoms with van der Waals surface area (Å²) in [6.45, 7) is 3.88. The van der Waals surface area contributed by atoms with Gasteiger partial charge in [-0.2, -0.15) is 0 Å². The van der Waals surface area contributed by atoms with Crippen LogP contribution in [0.4, 0.5) is 0 Å². The first-order valence-corrected chi connectivity index (χ1v) is 13.0. The Morgan fingerprint density at radius 2 is 1.69 bits per heavy atom. The van der Waals surface area contributed by atoms with Crippen molar-refractivity contribution in [3.8, 4) is 0 Å². The van der Waals surface area contributed by atoms with Gasteiger partial charge in [0.15, 0.2) is 0 Å². The molecule has 1 aliphatic heterocycles. The van der Waals surface area contributed by atoms with Crippen LogP contribution in [0.25, 0.3) is 11.7 Å². The number of carbonyl (C=O) groups excluding carboxylic acids is 1. The van der Waals surface area contributed by atoms with Crippen LogP contribution in [-0.2, 0) is 4.79 Å². The molecule has 0 spiro atoms. The number of thiocarbonyl (C=S) groups is 1. The predicted molar refractivity (Wildman–Crippen MR) is 147 cm³/mol. The molecule has 0 radical (unpaired) electrons. The summed E-state index contributed by atoms with van der Waals surface area (Å²) in [5, 5.41) is 0.548. The summed E-state index contributed by atoms with van der Waals surface area (Å²) < 4.78 is 2.00. The minimum atomic E-state index is -0.224. The molecule has 4 aromatic rings. The first kappa shape index (κ1) is 23.5. The van der Waals surface area contributed by atoms with Crippen molar-refractivity contribution in [3.05, 3.63) is 111 Å². The molecule has 174 valence electrons. The number of carbonyl (C=O) groups is 1. The van der Waals surface area contributed by atoms with E-state index in [0.29, 0.717) is 25.5 Å². The van der Waals surface area contributed by atoms with E-state index in [0.717, 1.165) is 16.0 Å². The molecule has 1 fully saturated rings. The molecule has 0 N–H and O–H groups in total. The number of benzene rings is 2. The summed E-state index contributed by atoms with van der Waals surface area (Å²) in [7, 11) is 0. The molecule has 5 rings (SSSR count). The van der Waals surface area contributed by atoms with Crippen LogP contribution in [-0.4, -0.2) is 24.5 Å². The van der Waals surface area contributed by atoms with Crippen LogP contribution in [0.1, 0.15) is 29.7 Å². The van der Waals surface area contributed by atoms with Crippen LogP contribution in [0.3, 0.4) is 0 Å². The van der Waals surface area contributed by atoms with Crippen LogP contribution in [0, 0.1) is 6.92 Å². The molecule has 2 aromatic heterocycles. The molecular weight excluding hydrogens is 495 g/mol. The van der Waals surface area contributed by atoms with Gasteiger partial charge in [-0.1, -0.05) is 90.3 Å². The molecule has 8 heteroatoms. The molecule has 0 saturated carbocycles. The molecule has 1 amide bonds. The predicted octanol–water partition coefficient (Wildman–Crippen LogP) is 6.12. The van der Waals surface area contributed by atoms with E-state index < -0.39 is 0 Å². The van der Waals surface area contributed by atoms with Crippen LogP contribution >= 0.6 is 35.7 Å². The van der Waals surface area contributed by atoms with Gasteiger partial charge in [0.1, 0.15) is 15.0 Å². The van der Waals surface area contributed by atoms with Gasteiger partial charge in [0.2, 0.25) is 0 Å². The van der Waals surface area contributed by atoms with Crippen LogP contribution in [0.15, 0.2) is 98.6 Å². The fraction of sp³-hybridized carbons (Fsp3) is 0.111. The van der Waals surface area contributed by atoms with Gasteiger partial charge in [-0.3, -0.25) is 18.9 Å². The van der Waals surface area contributed by atoms with Crippen molar-refractivity contribution >= 4 is 57.7 Å². The second-order valence-corrected chi connectivity index (χ2v) is 10.9. The lowest BCUT2D eigenvalue weighted by atomic mass is 10.1. The number of nitrogens with zero attached hydrogens (tertiary/aromatic N) is 3. The van der Waals surface area contributed by atoms with E-state index in [2.05, 4.69) is 0 Å². The average molecular weight is 516 g/mol. The van der Waals surface area contributed by atoms with E-state index in [1.165, 1.54) is 27.9 Å². The van der Waals surface area contributed by atoms with E-state index in [1.54, 1.807) is 17.2 Å². The maximum atomic E-state index is 13.6. The molecule has 5 nitrogen and oxygen atoms in total. The summed E-state index contributed by atoms with van der Waals surface area (Å²) in [4.78, 5) is 34.8. The number of rotatable bonds is 5. The third-order valence-electron chi connectivity index (χ3n) is 5.70. The molecule has 0 aliphatic carbocycles. The minimum absolute atomic E-state index is 0.208. The molecule has 3 heterocycles. The van der Waals surface area contributed by atoms with Crippen molar-refractivity contribution in [2.75, 3.05) is 0 Å². The van der Waals surface area contributed by atoms with Crippen molar-refractivity contribution in [1.82, 2.24) is 14.3 Å². The largest absolute Gasteiger partial charge is 0.286 e. The Morgan fingerprint density at radius 3 is 2.40 bits per heavy atom. The second kappa shape index (κ2) is 9.81. The Kier molecular flexibility index (Phi) is 6.60. The summed E-state index contributed by atoms with van der Waals surface area (Å²) in [5.74, 6) is -0.208. The van der Waals surface area contributed by atoms with E-state index in [9.17, 15) is 9.59 Å². The second-order valence-electron chi connectivity index (χ2n) is 8.12. The molecule has 1 unspecified atom stereocenters. The Bertz CT molecular complexity index is 1530. The number of pyridine rings is 1. The average Bonchev–Trinajstić information content (AvgIpc) is 3.15. The summed E-state index contributed by atoms with van der Waals surface area (Å²) in [5.41, 5.74) is 2.64. The summed E-state index contributed by atoms with van der Waals surface area (Å²) in [6, 6.07) is 23.1. The van der Waals surface area contributed by atoms with Crippen LogP contribution in [0.2, 0.25) is 0 Å². The summed E-state index contributed by atoms with van der Waals surface area (Å²) in [6.07, 6.45) is 3.41. The number of hydrogen-bond acceptors (Lipinski definition) is 6. The maximum Gasteiger partial charge on any atom is 0.266 e. The number of fused-ring (bicyclic) bond motifs is 1. The van der Waals surface area contributed by atoms with E-state index >= 15 is 0 Å². The van der Waals surface area contributed by atoms with Gasteiger partial charge >= 0.3 is 0 Å². The zero-order valence-electron chi connectivity index (χ0n) is 19.0. The fourth-order valence-electron chi connectivity index (χ4n) is 3.87. The van der Waals surface area contributed by atoms with Gasteiger partial charge in [0.05, 0.1) is 16.5 Å². The first-order chi connectivity index (χ1) is 16.9. The van der Waals surface area contributed by atoms with Gasteiger partial charge in [-0.15, -0.1) is 0 Å². The maximum absolute atomic E-state index is 13.6. The molecular formula is C27H21N3O2S3. The lowest BCUT2D eigenvalue weighted by Crippen LogP contribution is -2.31. The van der Waals surface area contributed by atoms with Crippen LogP contribution < -0.4 is 5.56 Å². The van der Waals surface area contributed by atoms with Crippen molar-refractivity contribution in [1.29, 1.82) is 0 Å². The number of aromatic nitrogens is 2. The van der Waals surface area contributed by atoms with E-state index in [1.807, 2.05) is 86.6 Å². The number of thioether (sulfide) groups is 1. The zero-order chi connectivity index (χ0) is 24.5. The molecule has 35 heavy (non-hydrogen) atoms. The van der Waals surface area contributed by atoms with Crippen molar-refractivity contribution in [3.63, 3.8) is 0 Å². The standard InChI is InChI=1S/C27H21N3O2S3/c1-17-13-14-23-28-24(34-20-11-7-4-8-12-20)21(25(31)29(23)16-17)15-22-26(32)30(27(33)35-22)18(2)19-9-5-3-6-10-19/h3-16,18H,1-2H3. The molecule has 0 bridgehead atoms. The fourth-order valence-corrected chi connectivity index (χ4v) is 6.18. The first-order valence-electron chi connectivity index (χ1n) is 11.0. The van der Waals surface area contributed by atoms with Gasteiger partial charge in [0, 0.05) is 11.1 Å². The Labute approximate surface area is 216 Å². The number of amides is 1. The highest BCUT2D eigenvalue weighted by atomic mass is 32.2. The number of aryl methyl sites for hydroxylation is 1. The van der Waals surface area contributed by atoms with Crippen molar-refractivity contribution in [2.24, 2.45) is 0 Å². The Hall–Kier alpha value is -3.20. The van der Waals surface area contributed by atoms with Gasteiger partial charge < -0.3 is 0 Å². The van der Waals surface area contributed by atoms with E-state index in [4.69, 9.17) is 17.2 Å². The topological polar surface area (TPSA) is 54.7 Å². The number of hydrogen-bond donors (Lipinski definition) is 0. The lowest BCUT2D eigenvalue weighted by Gasteiger charge is -2.23. The Morgan fingerprint density at radius 1 is 1.00 bits per heavy atom. The van der Waals surface area contributed by atoms with Crippen LogP contribution in [0.5, 0.6) is 0 Å². The van der Waals surface area contributed by atoms with E-state index in [-0.39, 0.29) is 17.5 Å². The monoisotopic (exact) mass is 515 g/mol. The molecule has 2 aromatic carbocycles. The van der Waals surface area contributed by atoms with Gasteiger partial charge in [-0.05, 0) is 49.2 Å². The van der Waals surface area contributed by atoms with Crippen molar-refractivity contribution < 1.29 is 4.79 Å². The van der Waals surface area contributed by atoms with Gasteiger partial charge in [0.25, 0.3) is 11.5 Å². The molecule has 1 atom stereocenters. The third kappa shape index (κ3) is 4.69. The lowest BCUT2D eigenvalue weighted by molar-refractivity contribution is -0.123. The summed E-state index contributed by atoms with van der Waals surface area (Å²) >= 11 is 8.19. The van der Waals surface area contributed by atoms with Gasteiger partial charge in [-0.25, -0.2) is 4.98 Å². The normalized spacial score (nSPS) is 15.8. The van der Waals surface area contributed by atoms with Crippen molar-refractivity contribution in [2.45, 2.75) is 29.8 Å². The third-order valence-corrected chi connectivity index (χ3v) is 8.04. The minimum Gasteiger partial charge on any atom is -0.286 e. The molecule has 1 aliphatic rings. The quantitative estimate of drug-likeness (QED) is 0.181. The highest BCUT2D eigenvalue weighted by Crippen LogP contribution is 2.39. The Balaban J connectivity index is 1.60. The SMILES string of the molecule is Cc1ccc2nc(Sc3ccccc3)c(C=C3SC(=S)N(C(C)c4ccccc4)C3=O)c(=O)n2c1.